The Labute approximate surface area is 203 Å². The van der Waals surface area contributed by atoms with Gasteiger partial charge >= 0.3 is 0 Å². The van der Waals surface area contributed by atoms with Crippen LogP contribution in [0, 0.1) is 5.82 Å². The van der Waals surface area contributed by atoms with Gasteiger partial charge in [0, 0.05) is 45.2 Å². The number of hydrogen-bond donors (Lipinski definition) is 2. The number of benzene rings is 2. The normalized spacial score (nSPS) is 10.9. The Kier molecular flexibility index (Phi) is 6.95. The lowest BCUT2D eigenvalue weighted by Crippen LogP contribution is -2.20. The van der Waals surface area contributed by atoms with Crippen LogP contribution >= 0.6 is 47.0 Å². The second kappa shape index (κ2) is 9.87. The zero-order chi connectivity index (χ0) is 22.7. The summed E-state index contributed by atoms with van der Waals surface area (Å²) in [6, 6.07) is 13.2. The molecule has 0 aliphatic heterocycles. The Bertz CT molecular complexity index is 1250. The molecule has 11 heteroatoms. The summed E-state index contributed by atoms with van der Waals surface area (Å²) in [5.41, 5.74) is 1.55. The van der Waals surface area contributed by atoms with Crippen molar-refractivity contribution < 1.29 is 4.39 Å². The van der Waals surface area contributed by atoms with Crippen LogP contribution in [0.3, 0.4) is 0 Å². The van der Waals surface area contributed by atoms with Gasteiger partial charge in [-0.05, 0) is 42.0 Å². The number of rotatable bonds is 6. The number of thiocarbonyl (C=S) groups is 1. The van der Waals surface area contributed by atoms with Crippen molar-refractivity contribution in [2.45, 2.75) is 13.1 Å². The van der Waals surface area contributed by atoms with E-state index in [9.17, 15) is 4.39 Å². The molecular weight excluding hydrogens is 494 g/mol. The van der Waals surface area contributed by atoms with Crippen molar-refractivity contribution in [2.24, 2.45) is 0 Å². The third-order valence-corrected chi connectivity index (χ3v) is 5.76. The number of nitrogens with zero attached hydrogens (tertiary/aromatic N) is 4. The first kappa shape index (κ1) is 22.5. The Morgan fingerprint density at radius 3 is 2.03 bits per heavy atom. The van der Waals surface area contributed by atoms with Crippen molar-refractivity contribution in [1.29, 1.82) is 0 Å². The highest BCUT2D eigenvalue weighted by Gasteiger charge is 2.09. The molecule has 0 amide bonds. The molecule has 0 aliphatic carbocycles. The zero-order valence-electron chi connectivity index (χ0n) is 16.4. The topological polar surface area (TPSA) is 59.7 Å². The molecule has 2 aromatic heterocycles. The molecule has 0 saturated carbocycles. The molecule has 0 fully saturated rings. The van der Waals surface area contributed by atoms with Crippen molar-refractivity contribution in [2.75, 3.05) is 10.6 Å². The van der Waals surface area contributed by atoms with Gasteiger partial charge in [-0.2, -0.15) is 10.2 Å². The van der Waals surface area contributed by atoms with Gasteiger partial charge in [-0.25, -0.2) is 4.39 Å². The van der Waals surface area contributed by atoms with Gasteiger partial charge < -0.3 is 10.6 Å². The minimum absolute atomic E-state index is 0.330. The fourth-order valence-corrected chi connectivity index (χ4v) is 3.92. The summed E-state index contributed by atoms with van der Waals surface area (Å²) in [4.78, 5) is 0. The fraction of sp³-hybridized carbons (Fsp3) is 0.0952. The van der Waals surface area contributed by atoms with Crippen LogP contribution < -0.4 is 10.6 Å². The average molecular weight is 510 g/mol. The summed E-state index contributed by atoms with van der Waals surface area (Å²) in [7, 11) is 0. The molecule has 164 valence electrons. The van der Waals surface area contributed by atoms with Gasteiger partial charge in [0.15, 0.2) is 16.7 Å². The fourth-order valence-electron chi connectivity index (χ4n) is 2.97. The van der Waals surface area contributed by atoms with E-state index in [1.165, 1.54) is 12.1 Å². The van der Waals surface area contributed by atoms with Crippen molar-refractivity contribution in [3.05, 3.63) is 92.9 Å². The van der Waals surface area contributed by atoms with Crippen molar-refractivity contribution in [3.8, 4) is 0 Å². The van der Waals surface area contributed by atoms with Gasteiger partial charge in [0.2, 0.25) is 0 Å². The lowest BCUT2D eigenvalue weighted by molar-refractivity contribution is 0.624. The Balaban J connectivity index is 1.34. The summed E-state index contributed by atoms with van der Waals surface area (Å²) in [5, 5.41) is 16.7. The molecule has 4 aromatic rings. The molecule has 0 spiro atoms. The molecular formula is C21H16Cl3FN6S. The van der Waals surface area contributed by atoms with Crippen LogP contribution in [0.1, 0.15) is 11.1 Å². The molecule has 0 saturated heterocycles. The smallest absolute Gasteiger partial charge is 0.177 e. The molecule has 2 heterocycles. The summed E-state index contributed by atoms with van der Waals surface area (Å²) >= 11 is 23.9. The van der Waals surface area contributed by atoms with Crippen LogP contribution in [-0.4, -0.2) is 24.7 Å². The largest absolute Gasteiger partial charge is 0.316 e. The molecule has 2 N–H and O–H groups in total. The molecule has 32 heavy (non-hydrogen) atoms. The van der Waals surface area contributed by atoms with E-state index >= 15 is 0 Å². The van der Waals surface area contributed by atoms with Crippen LogP contribution in [0.25, 0.3) is 0 Å². The highest BCUT2D eigenvalue weighted by Crippen LogP contribution is 2.25. The summed E-state index contributed by atoms with van der Waals surface area (Å²) < 4.78 is 16.6. The van der Waals surface area contributed by atoms with E-state index < -0.39 is 0 Å². The van der Waals surface area contributed by atoms with Crippen LogP contribution in [0.4, 0.5) is 16.0 Å². The number of halogens is 4. The van der Waals surface area contributed by atoms with E-state index in [0.29, 0.717) is 44.9 Å². The maximum atomic E-state index is 13.2. The quantitative estimate of drug-likeness (QED) is 0.308. The molecule has 0 unspecified atom stereocenters. The Morgan fingerprint density at radius 2 is 1.44 bits per heavy atom. The zero-order valence-corrected chi connectivity index (χ0v) is 19.5. The van der Waals surface area contributed by atoms with Crippen molar-refractivity contribution in [3.63, 3.8) is 0 Å². The second-order valence-electron chi connectivity index (χ2n) is 6.81. The van der Waals surface area contributed by atoms with Crippen LogP contribution in [0.15, 0.2) is 60.9 Å². The molecule has 6 nitrogen and oxygen atoms in total. The first-order valence-corrected chi connectivity index (χ1v) is 10.9. The Morgan fingerprint density at radius 1 is 0.844 bits per heavy atom. The minimum Gasteiger partial charge on any atom is -0.316 e. The maximum absolute atomic E-state index is 13.2. The van der Waals surface area contributed by atoms with E-state index in [1.807, 2.05) is 0 Å². The van der Waals surface area contributed by atoms with Crippen molar-refractivity contribution >= 4 is 63.8 Å². The van der Waals surface area contributed by atoms with E-state index in [2.05, 4.69) is 20.8 Å². The van der Waals surface area contributed by atoms with E-state index in [4.69, 9.17) is 47.0 Å². The van der Waals surface area contributed by atoms with Gasteiger partial charge in [-0.3, -0.25) is 9.36 Å². The first-order valence-electron chi connectivity index (χ1n) is 9.39. The summed E-state index contributed by atoms with van der Waals surface area (Å²) in [5.74, 6) is 0.724. The lowest BCUT2D eigenvalue weighted by atomic mass is 10.2. The average Bonchev–Trinajstić information content (AvgIpc) is 3.36. The minimum atomic E-state index is -0.379. The highest BCUT2D eigenvalue weighted by molar-refractivity contribution is 7.80. The van der Waals surface area contributed by atoms with Crippen molar-refractivity contribution in [1.82, 2.24) is 19.6 Å². The van der Waals surface area contributed by atoms with Crippen LogP contribution in [-0.2, 0) is 13.1 Å². The van der Waals surface area contributed by atoms with Gasteiger partial charge in [-0.1, -0.05) is 46.9 Å². The second-order valence-corrected chi connectivity index (χ2v) is 8.44. The lowest BCUT2D eigenvalue weighted by Gasteiger charge is -2.08. The van der Waals surface area contributed by atoms with Gasteiger partial charge in [0.05, 0.1) is 13.1 Å². The van der Waals surface area contributed by atoms with Gasteiger partial charge in [0.25, 0.3) is 0 Å². The van der Waals surface area contributed by atoms with E-state index in [1.54, 1.807) is 58.2 Å². The highest BCUT2D eigenvalue weighted by atomic mass is 35.5. The summed E-state index contributed by atoms with van der Waals surface area (Å²) in [6.45, 7) is 0.826. The third kappa shape index (κ3) is 5.58. The third-order valence-electron chi connectivity index (χ3n) is 4.49. The number of hydrogen-bond acceptors (Lipinski definition) is 3. The SMILES string of the molecule is Fc1ccc(Cn2ccc(NC(=S)Nc3ccn(Cc4c(Cl)cccc4Cl)n3)n2)c(Cl)c1. The van der Waals surface area contributed by atoms with Gasteiger partial charge in [0.1, 0.15) is 5.82 Å². The predicted octanol–water partition coefficient (Wildman–Crippen LogP) is 6.08. The standard InChI is InChI=1S/C21H16Cl3FN6S/c22-16-2-1-3-17(23)15(16)12-31-9-7-20(29-31)27-21(32)26-19-6-8-30(28-19)11-13-4-5-14(25)10-18(13)24/h1-10H,11-12H2,(H2,26,27,28,29,32). The monoisotopic (exact) mass is 508 g/mol. The molecule has 0 atom stereocenters. The summed E-state index contributed by atoms with van der Waals surface area (Å²) in [6.07, 6.45) is 3.57. The van der Waals surface area contributed by atoms with Gasteiger partial charge in [-0.15, -0.1) is 0 Å². The molecule has 0 radical (unpaired) electrons. The molecule has 0 bridgehead atoms. The van der Waals surface area contributed by atoms with E-state index in [0.717, 1.165) is 11.1 Å². The predicted molar refractivity (Wildman–Crippen MR) is 130 cm³/mol. The van der Waals surface area contributed by atoms with Crippen LogP contribution in [0.5, 0.6) is 0 Å². The number of aromatic nitrogens is 4. The molecule has 2 aromatic carbocycles. The van der Waals surface area contributed by atoms with E-state index in [-0.39, 0.29) is 5.82 Å². The molecule has 0 aliphatic rings. The number of nitrogens with one attached hydrogen (secondary N) is 2. The Hall–Kier alpha value is -2.65. The van der Waals surface area contributed by atoms with Crippen LogP contribution in [0.2, 0.25) is 15.1 Å². The number of anilines is 2. The molecule has 4 rings (SSSR count). The maximum Gasteiger partial charge on any atom is 0.177 e. The first-order chi connectivity index (χ1) is 15.4.